The van der Waals surface area contributed by atoms with Gasteiger partial charge in [0, 0.05) is 6.08 Å². The lowest BCUT2D eigenvalue weighted by Crippen LogP contribution is -2.27. The Kier molecular flexibility index (Phi) is 7.21. The van der Waals surface area contributed by atoms with Crippen molar-refractivity contribution >= 4 is 33.2 Å². The van der Waals surface area contributed by atoms with E-state index >= 15 is 0 Å². The van der Waals surface area contributed by atoms with Crippen LogP contribution in [0, 0.1) is 0 Å². The van der Waals surface area contributed by atoms with Gasteiger partial charge in [-0.05, 0) is 45.9 Å². The molecular weight excluding hydrogens is 406 g/mol. The molecule has 0 saturated carbocycles. The van der Waals surface area contributed by atoms with Crippen LogP contribution in [0.5, 0.6) is 0 Å². The molecule has 0 unspecified atom stereocenters. The highest BCUT2D eigenvalue weighted by molar-refractivity contribution is 7.89. The fourth-order valence-corrected chi connectivity index (χ4v) is 3.87. The van der Waals surface area contributed by atoms with Crippen molar-refractivity contribution in [3.63, 3.8) is 0 Å². The Morgan fingerprint density at radius 3 is 1.84 bits per heavy atom. The van der Waals surface area contributed by atoms with Crippen molar-refractivity contribution in [1.82, 2.24) is 4.72 Å². The normalized spacial score (nSPS) is 12.5. The fraction of sp³-hybridized carbons (Fsp3) is 0.115. The first-order valence-corrected chi connectivity index (χ1v) is 11.9. The van der Waals surface area contributed by atoms with E-state index in [2.05, 4.69) is 31.2 Å². The number of sulfonamides is 1. The Morgan fingerprint density at radius 2 is 1.32 bits per heavy atom. The van der Waals surface area contributed by atoms with Gasteiger partial charge in [-0.3, -0.25) is 4.79 Å². The highest BCUT2D eigenvalue weighted by atomic mass is 32.2. The Morgan fingerprint density at radius 1 is 0.806 bits per heavy atom. The molecule has 3 aromatic rings. The van der Waals surface area contributed by atoms with Crippen LogP contribution in [0.15, 0.2) is 91.0 Å². The molecule has 5 heteroatoms. The number of hydrogen-bond acceptors (Lipinski definition) is 3. The topological polar surface area (TPSA) is 63.2 Å². The van der Waals surface area contributed by atoms with Gasteiger partial charge in [-0.25, -0.2) is 13.1 Å². The zero-order valence-electron chi connectivity index (χ0n) is 17.6. The maximum absolute atomic E-state index is 11.7. The quantitative estimate of drug-likeness (QED) is 0.416. The second-order valence-electron chi connectivity index (χ2n) is 7.13. The van der Waals surface area contributed by atoms with Crippen molar-refractivity contribution in [3.05, 3.63) is 113 Å². The average Bonchev–Trinajstić information content (AvgIpc) is 2.76. The van der Waals surface area contributed by atoms with Crippen molar-refractivity contribution in [3.8, 4) is 0 Å². The van der Waals surface area contributed by atoms with Gasteiger partial charge in [0.2, 0.25) is 10.0 Å². The molecule has 0 fully saturated rings. The summed E-state index contributed by atoms with van der Waals surface area (Å²) >= 11 is 0. The molecule has 0 bridgehead atoms. The first-order chi connectivity index (χ1) is 14.9. The molecule has 0 radical (unpaired) electrons. The molecule has 0 aliphatic carbocycles. The van der Waals surface area contributed by atoms with Crippen LogP contribution in [-0.4, -0.2) is 20.6 Å². The van der Waals surface area contributed by atoms with Gasteiger partial charge in [0.1, 0.15) is 0 Å². The summed E-state index contributed by atoms with van der Waals surface area (Å²) in [5.74, 6) is -0.672. The highest BCUT2D eigenvalue weighted by Crippen LogP contribution is 2.34. The Labute approximate surface area is 184 Å². The van der Waals surface area contributed by atoms with E-state index in [0.29, 0.717) is 0 Å². The first kappa shape index (κ1) is 22.2. The van der Waals surface area contributed by atoms with Gasteiger partial charge < -0.3 is 0 Å². The van der Waals surface area contributed by atoms with Gasteiger partial charge in [-0.1, -0.05) is 91.9 Å². The van der Waals surface area contributed by atoms with Gasteiger partial charge in [-0.2, -0.15) is 0 Å². The fourth-order valence-electron chi connectivity index (χ4n) is 3.43. The standard InChI is InChI=1S/C26H25NO3S/c1-3-24(21-10-6-4-7-11-21)26(22-12-8-5-9-13-22)23-17-14-20(15-18-23)16-19-25(28)27-31(2,29)30/h4-19H,3H2,1-2H3,(H,27,28)/b19-16+,26-24-. The predicted molar refractivity (Wildman–Crippen MR) is 128 cm³/mol. The second-order valence-corrected chi connectivity index (χ2v) is 8.88. The summed E-state index contributed by atoms with van der Waals surface area (Å²) in [4.78, 5) is 11.7. The second kappa shape index (κ2) is 10.0. The molecule has 31 heavy (non-hydrogen) atoms. The van der Waals surface area contributed by atoms with Crippen LogP contribution in [0.25, 0.3) is 17.2 Å². The van der Waals surface area contributed by atoms with E-state index < -0.39 is 15.9 Å². The third-order valence-corrected chi connectivity index (χ3v) is 5.32. The molecule has 0 aromatic heterocycles. The highest BCUT2D eigenvalue weighted by Gasteiger charge is 2.12. The molecule has 0 aliphatic heterocycles. The summed E-state index contributed by atoms with van der Waals surface area (Å²) in [6.45, 7) is 2.16. The molecule has 0 heterocycles. The minimum absolute atomic E-state index is 0.672. The van der Waals surface area contributed by atoms with Crippen molar-refractivity contribution in [2.24, 2.45) is 0 Å². The molecule has 0 atom stereocenters. The van der Waals surface area contributed by atoms with Crippen LogP contribution in [0.2, 0.25) is 0 Å². The number of hydrogen-bond donors (Lipinski definition) is 1. The van der Waals surface area contributed by atoms with Crippen LogP contribution >= 0.6 is 0 Å². The molecule has 4 nitrogen and oxygen atoms in total. The molecule has 158 valence electrons. The van der Waals surface area contributed by atoms with E-state index in [-0.39, 0.29) is 0 Å². The number of amides is 1. The SMILES string of the molecule is CC/C(=C(\c1ccccc1)c1ccc(/C=C/C(=O)NS(C)(=O)=O)cc1)c1ccccc1. The Hall–Kier alpha value is -3.44. The third-order valence-electron chi connectivity index (χ3n) is 4.75. The molecule has 3 rings (SSSR count). The molecule has 0 saturated heterocycles. The minimum atomic E-state index is -3.57. The minimum Gasteiger partial charge on any atom is -0.269 e. The van der Waals surface area contributed by atoms with Gasteiger partial charge >= 0.3 is 0 Å². The molecule has 1 N–H and O–H groups in total. The molecule has 0 aliphatic rings. The Balaban J connectivity index is 2.00. The van der Waals surface area contributed by atoms with Crippen molar-refractivity contribution in [2.45, 2.75) is 13.3 Å². The summed E-state index contributed by atoms with van der Waals surface area (Å²) < 4.78 is 24.2. The van der Waals surface area contributed by atoms with E-state index in [1.165, 1.54) is 22.8 Å². The summed E-state index contributed by atoms with van der Waals surface area (Å²) in [5, 5.41) is 0. The number of nitrogens with one attached hydrogen (secondary N) is 1. The van der Waals surface area contributed by atoms with Gasteiger partial charge in [0.15, 0.2) is 0 Å². The number of benzene rings is 3. The van der Waals surface area contributed by atoms with E-state index in [1.807, 2.05) is 65.4 Å². The zero-order chi connectivity index (χ0) is 22.3. The summed E-state index contributed by atoms with van der Waals surface area (Å²) in [7, 11) is -3.57. The van der Waals surface area contributed by atoms with Crippen LogP contribution < -0.4 is 4.72 Å². The van der Waals surface area contributed by atoms with Crippen LogP contribution in [-0.2, 0) is 14.8 Å². The number of rotatable bonds is 7. The van der Waals surface area contributed by atoms with Gasteiger partial charge in [0.25, 0.3) is 5.91 Å². The van der Waals surface area contributed by atoms with E-state index in [0.717, 1.165) is 29.4 Å². The maximum atomic E-state index is 11.7. The van der Waals surface area contributed by atoms with Gasteiger partial charge in [0.05, 0.1) is 6.26 Å². The summed E-state index contributed by atoms with van der Waals surface area (Å²) in [5.41, 5.74) is 6.62. The lowest BCUT2D eigenvalue weighted by atomic mass is 9.88. The number of carbonyl (C=O) groups excluding carboxylic acids is 1. The number of allylic oxidation sites excluding steroid dienone is 1. The molecule has 3 aromatic carbocycles. The van der Waals surface area contributed by atoms with Crippen LogP contribution in [0.3, 0.4) is 0 Å². The Bertz CT molecular complexity index is 1190. The van der Waals surface area contributed by atoms with Crippen molar-refractivity contribution in [1.29, 1.82) is 0 Å². The van der Waals surface area contributed by atoms with E-state index in [1.54, 1.807) is 6.08 Å². The average molecular weight is 432 g/mol. The largest absolute Gasteiger partial charge is 0.269 e. The van der Waals surface area contributed by atoms with E-state index in [9.17, 15) is 13.2 Å². The van der Waals surface area contributed by atoms with Crippen LogP contribution in [0.4, 0.5) is 0 Å². The van der Waals surface area contributed by atoms with E-state index in [4.69, 9.17) is 0 Å². The lowest BCUT2D eigenvalue weighted by Gasteiger charge is -2.16. The smallest absolute Gasteiger partial charge is 0.257 e. The number of carbonyl (C=O) groups is 1. The maximum Gasteiger partial charge on any atom is 0.257 e. The van der Waals surface area contributed by atoms with Crippen LogP contribution in [0.1, 0.15) is 35.6 Å². The lowest BCUT2D eigenvalue weighted by molar-refractivity contribution is -0.114. The summed E-state index contributed by atoms with van der Waals surface area (Å²) in [6, 6.07) is 28.5. The third kappa shape index (κ3) is 6.27. The zero-order valence-corrected chi connectivity index (χ0v) is 18.4. The van der Waals surface area contributed by atoms with Crippen molar-refractivity contribution in [2.75, 3.05) is 6.26 Å². The van der Waals surface area contributed by atoms with Crippen molar-refractivity contribution < 1.29 is 13.2 Å². The molecule has 0 spiro atoms. The monoisotopic (exact) mass is 431 g/mol. The molecular formula is C26H25NO3S. The predicted octanol–water partition coefficient (Wildman–Crippen LogP) is 5.14. The first-order valence-electron chi connectivity index (χ1n) is 10.0. The molecule has 1 amide bonds. The van der Waals surface area contributed by atoms with Gasteiger partial charge in [-0.15, -0.1) is 0 Å². The summed E-state index contributed by atoms with van der Waals surface area (Å²) in [6.07, 6.45) is 4.63.